The van der Waals surface area contributed by atoms with Crippen molar-refractivity contribution in [2.24, 2.45) is 0 Å². The topological polar surface area (TPSA) is 90.9 Å². The fourth-order valence-electron chi connectivity index (χ4n) is 1.77. The number of phenolic OH excluding ortho intramolecular Hbond substituents is 1. The van der Waals surface area contributed by atoms with E-state index in [0.29, 0.717) is 10.9 Å². The van der Waals surface area contributed by atoms with Crippen LogP contribution >= 0.6 is 0 Å². The summed E-state index contributed by atoms with van der Waals surface area (Å²) < 4.78 is 4.94. The van der Waals surface area contributed by atoms with E-state index in [1.807, 2.05) is 0 Å². The van der Waals surface area contributed by atoms with Gasteiger partial charge in [0.15, 0.2) is 0 Å². The Labute approximate surface area is 109 Å². The lowest BCUT2D eigenvalue weighted by Gasteiger charge is -2.13. The van der Waals surface area contributed by atoms with Crippen molar-refractivity contribution >= 4 is 11.0 Å². The fourth-order valence-corrected chi connectivity index (χ4v) is 1.77. The van der Waals surface area contributed by atoms with E-state index in [1.54, 1.807) is 12.1 Å². The molecule has 1 heterocycles. The van der Waals surface area contributed by atoms with Crippen LogP contribution in [0.25, 0.3) is 11.0 Å². The van der Waals surface area contributed by atoms with E-state index < -0.39 is 11.7 Å². The summed E-state index contributed by atoms with van der Waals surface area (Å²) in [5, 5.41) is 29.1. The number of aromatic hydroxyl groups is 1. The maximum Gasteiger partial charge on any atom is 0.336 e. The first kappa shape index (κ1) is 13.3. The van der Waals surface area contributed by atoms with Gasteiger partial charge in [-0.25, -0.2) is 4.79 Å². The van der Waals surface area contributed by atoms with Crippen LogP contribution in [0.15, 0.2) is 45.6 Å². The quantitative estimate of drug-likeness (QED) is 0.563. The lowest BCUT2D eigenvalue weighted by atomic mass is 10.0. The molecular weight excluding hydrogens is 248 g/mol. The van der Waals surface area contributed by atoms with Gasteiger partial charge in [-0.3, -0.25) is 0 Å². The molecule has 0 aliphatic carbocycles. The predicted octanol–water partition coefficient (Wildman–Crippen LogP) is 0.950. The molecule has 1 atom stereocenters. The number of rotatable bonds is 4. The van der Waals surface area contributed by atoms with Gasteiger partial charge in [-0.05, 0) is 23.3 Å². The molecule has 5 heteroatoms. The number of aliphatic hydroxyl groups is 2. The molecule has 19 heavy (non-hydrogen) atoms. The van der Waals surface area contributed by atoms with E-state index >= 15 is 0 Å². The minimum atomic E-state index is -0.941. The highest BCUT2D eigenvalue weighted by molar-refractivity contribution is 5.79. The van der Waals surface area contributed by atoms with E-state index in [-0.39, 0.29) is 29.9 Å². The first-order valence-electron chi connectivity index (χ1n) is 5.73. The van der Waals surface area contributed by atoms with Crippen LogP contribution in [0.1, 0.15) is 5.56 Å². The third-order valence-corrected chi connectivity index (χ3v) is 2.91. The number of hydrogen-bond donors (Lipinski definition) is 3. The highest BCUT2D eigenvalue weighted by Gasteiger charge is 2.13. The summed E-state index contributed by atoms with van der Waals surface area (Å²) in [7, 11) is 0. The number of hydrogen-bond acceptors (Lipinski definition) is 5. The summed E-state index contributed by atoms with van der Waals surface area (Å²) in [6.07, 6.45) is -0.815. The van der Waals surface area contributed by atoms with Crippen LogP contribution in [0.5, 0.6) is 5.75 Å². The molecule has 100 valence electrons. The molecule has 0 unspecified atom stereocenters. The van der Waals surface area contributed by atoms with E-state index in [0.717, 1.165) is 0 Å². The van der Waals surface area contributed by atoms with Crippen molar-refractivity contribution in [2.45, 2.75) is 12.5 Å². The minimum absolute atomic E-state index is 0.0772. The third kappa shape index (κ3) is 2.83. The van der Waals surface area contributed by atoms with Crippen molar-refractivity contribution in [1.29, 1.82) is 0 Å². The molecule has 3 N–H and O–H groups in total. The molecule has 0 fully saturated rings. The van der Waals surface area contributed by atoms with Gasteiger partial charge in [-0.2, -0.15) is 0 Å². The lowest BCUT2D eigenvalue weighted by Crippen LogP contribution is -2.15. The summed E-state index contributed by atoms with van der Waals surface area (Å²) in [5.41, 5.74) is 0.556. The SMILES string of the molecule is C=C(CO)[C@H](O)Cc1cc2ccc(=O)oc2cc1O. The zero-order valence-electron chi connectivity index (χ0n) is 10.2. The van der Waals surface area contributed by atoms with Crippen molar-refractivity contribution in [1.82, 2.24) is 0 Å². The second kappa shape index (κ2) is 5.26. The Hall–Kier alpha value is -2.11. The number of phenols is 1. The number of benzene rings is 1. The Morgan fingerprint density at radius 3 is 2.79 bits per heavy atom. The largest absolute Gasteiger partial charge is 0.508 e. The second-order valence-electron chi connectivity index (χ2n) is 4.31. The van der Waals surface area contributed by atoms with Crippen LogP contribution in [0, 0.1) is 0 Å². The maximum absolute atomic E-state index is 11.1. The molecule has 0 saturated heterocycles. The normalized spacial score (nSPS) is 12.5. The molecule has 0 spiro atoms. The smallest absolute Gasteiger partial charge is 0.336 e. The van der Waals surface area contributed by atoms with Crippen LogP contribution in [0.2, 0.25) is 0 Å². The van der Waals surface area contributed by atoms with Crippen LogP contribution < -0.4 is 5.63 Å². The third-order valence-electron chi connectivity index (χ3n) is 2.91. The number of aliphatic hydroxyl groups excluding tert-OH is 2. The molecule has 1 aromatic carbocycles. The van der Waals surface area contributed by atoms with Gasteiger partial charge in [0.25, 0.3) is 0 Å². The Kier molecular flexibility index (Phi) is 3.69. The summed E-state index contributed by atoms with van der Waals surface area (Å²) >= 11 is 0. The average molecular weight is 262 g/mol. The van der Waals surface area contributed by atoms with Crippen molar-refractivity contribution in [3.8, 4) is 5.75 Å². The molecule has 1 aromatic heterocycles. The molecule has 2 rings (SSSR count). The summed E-state index contributed by atoms with van der Waals surface area (Å²) in [6, 6.07) is 5.82. The molecule has 0 saturated carbocycles. The Morgan fingerprint density at radius 1 is 1.37 bits per heavy atom. The molecular formula is C14H14O5. The summed E-state index contributed by atoms with van der Waals surface area (Å²) in [4.78, 5) is 11.1. The molecule has 0 radical (unpaired) electrons. The van der Waals surface area contributed by atoms with Gasteiger partial charge in [0.2, 0.25) is 0 Å². The predicted molar refractivity (Wildman–Crippen MR) is 70.1 cm³/mol. The molecule has 5 nitrogen and oxygen atoms in total. The van der Waals surface area contributed by atoms with E-state index in [4.69, 9.17) is 9.52 Å². The van der Waals surface area contributed by atoms with Gasteiger partial charge in [-0.15, -0.1) is 0 Å². The molecule has 0 bridgehead atoms. The monoisotopic (exact) mass is 262 g/mol. The zero-order chi connectivity index (χ0) is 14.0. The van der Waals surface area contributed by atoms with E-state index in [2.05, 4.69) is 6.58 Å². The van der Waals surface area contributed by atoms with Crippen molar-refractivity contribution in [2.75, 3.05) is 6.61 Å². The van der Waals surface area contributed by atoms with Crippen molar-refractivity contribution < 1.29 is 19.7 Å². The first-order valence-corrected chi connectivity index (χ1v) is 5.73. The second-order valence-corrected chi connectivity index (χ2v) is 4.31. The summed E-state index contributed by atoms with van der Waals surface area (Å²) in [5.74, 6) is -0.0772. The van der Waals surface area contributed by atoms with Crippen molar-refractivity contribution in [3.05, 3.63) is 52.4 Å². The van der Waals surface area contributed by atoms with Crippen LogP contribution in [-0.4, -0.2) is 28.0 Å². The molecule has 0 amide bonds. The first-order chi connectivity index (χ1) is 9.01. The van der Waals surface area contributed by atoms with Crippen LogP contribution in [-0.2, 0) is 6.42 Å². The maximum atomic E-state index is 11.1. The van der Waals surface area contributed by atoms with E-state index in [9.17, 15) is 15.0 Å². The van der Waals surface area contributed by atoms with Gasteiger partial charge in [0.1, 0.15) is 11.3 Å². The average Bonchev–Trinajstić information content (AvgIpc) is 2.38. The van der Waals surface area contributed by atoms with Gasteiger partial charge >= 0.3 is 5.63 Å². The van der Waals surface area contributed by atoms with Gasteiger partial charge in [-0.1, -0.05) is 6.58 Å². The molecule has 0 aliphatic heterocycles. The Balaban J connectivity index is 2.39. The zero-order valence-corrected chi connectivity index (χ0v) is 10.2. The van der Waals surface area contributed by atoms with Gasteiger partial charge < -0.3 is 19.7 Å². The lowest BCUT2D eigenvalue weighted by molar-refractivity contribution is 0.187. The fraction of sp³-hybridized carbons (Fsp3) is 0.214. The molecule has 0 aliphatic rings. The van der Waals surface area contributed by atoms with Gasteiger partial charge in [0.05, 0.1) is 12.7 Å². The van der Waals surface area contributed by atoms with Gasteiger partial charge in [0, 0.05) is 23.9 Å². The standard InChI is InChI=1S/C14H14O5/c1-8(7-15)11(16)5-10-4-9-2-3-14(18)19-13(9)6-12(10)17/h2-4,6,11,15-17H,1,5,7H2/t11-/m1/s1. The van der Waals surface area contributed by atoms with E-state index in [1.165, 1.54) is 12.1 Å². The highest BCUT2D eigenvalue weighted by atomic mass is 16.4. The summed E-state index contributed by atoms with van der Waals surface area (Å²) in [6.45, 7) is 3.22. The Morgan fingerprint density at radius 2 is 2.11 bits per heavy atom. The highest BCUT2D eigenvalue weighted by Crippen LogP contribution is 2.26. The van der Waals surface area contributed by atoms with Crippen molar-refractivity contribution in [3.63, 3.8) is 0 Å². The van der Waals surface area contributed by atoms with Crippen LogP contribution in [0.4, 0.5) is 0 Å². The van der Waals surface area contributed by atoms with Crippen LogP contribution in [0.3, 0.4) is 0 Å². The Bertz CT molecular complexity index is 671. The minimum Gasteiger partial charge on any atom is -0.508 e. The number of fused-ring (bicyclic) bond motifs is 1. The molecule has 2 aromatic rings.